The van der Waals surface area contributed by atoms with Crippen LogP contribution in [0.25, 0.3) is 11.1 Å². The molecule has 0 aliphatic heterocycles. The number of methoxy groups -OCH3 is 1. The van der Waals surface area contributed by atoms with Crippen molar-refractivity contribution in [2.75, 3.05) is 20.8 Å². The van der Waals surface area contributed by atoms with Gasteiger partial charge in [-0.05, 0) is 79.3 Å². The topological polar surface area (TPSA) is 63.2 Å². The monoisotopic (exact) mass is 603 g/mol. The lowest BCUT2D eigenvalue weighted by atomic mass is 9.97. The van der Waals surface area contributed by atoms with Crippen molar-refractivity contribution in [1.29, 1.82) is 0 Å². The lowest BCUT2D eigenvalue weighted by molar-refractivity contribution is -0.112. The Morgan fingerprint density at radius 2 is 1.91 bits per heavy atom. The maximum absolute atomic E-state index is 12.1. The third-order valence-electron chi connectivity index (χ3n) is 8.53. The first-order valence-corrected chi connectivity index (χ1v) is 16.7. The van der Waals surface area contributed by atoms with Crippen LogP contribution in [-0.2, 0) is 27.4 Å². The quantitative estimate of drug-likeness (QED) is 0.0897. The number of nitrogens with zero attached hydrogens (tertiary/aromatic N) is 2. The van der Waals surface area contributed by atoms with Gasteiger partial charge < -0.3 is 23.9 Å². The lowest BCUT2D eigenvalue weighted by Gasteiger charge is -2.27. The van der Waals surface area contributed by atoms with Gasteiger partial charge in [-0.2, -0.15) is 0 Å². The summed E-state index contributed by atoms with van der Waals surface area (Å²) in [6, 6.07) is 15.2. The van der Waals surface area contributed by atoms with Crippen LogP contribution in [-0.4, -0.2) is 43.3 Å². The molecule has 4 rings (SSSR count). The minimum absolute atomic E-state index is 0.539. The summed E-state index contributed by atoms with van der Waals surface area (Å²) in [5.74, 6) is 2.08. The second-order valence-electron chi connectivity index (χ2n) is 11.7. The summed E-state index contributed by atoms with van der Waals surface area (Å²) in [5, 5.41) is 0. The maximum atomic E-state index is 12.1. The normalized spacial score (nSPS) is 16.4. The van der Waals surface area contributed by atoms with Gasteiger partial charge in [0.25, 0.3) is 0 Å². The number of rotatable bonds is 16. The predicted octanol–water partition coefficient (Wildman–Crippen LogP) is 8.62. The fraction of sp³-hybridized carbons (Fsp3) is 0.500. The molecule has 0 bridgehead atoms. The van der Waals surface area contributed by atoms with Crippen molar-refractivity contribution >= 4 is 24.1 Å². The zero-order chi connectivity index (χ0) is 30.7. The summed E-state index contributed by atoms with van der Waals surface area (Å²) in [6.07, 6.45) is 11.1. The number of allylic oxidation sites excluding steroid dienone is 2. The fourth-order valence-electron chi connectivity index (χ4n) is 6.09. The van der Waals surface area contributed by atoms with E-state index in [1.807, 2.05) is 6.92 Å². The third-order valence-corrected chi connectivity index (χ3v) is 9.45. The molecule has 1 saturated carbocycles. The number of hydrogen-bond donors (Lipinski definition) is 1. The van der Waals surface area contributed by atoms with E-state index in [1.165, 1.54) is 16.7 Å². The molecular formula is C36H49N3O3S. The molecule has 43 heavy (non-hydrogen) atoms. The minimum Gasteiger partial charge on any atom is -0.501 e. The van der Waals surface area contributed by atoms with Crippen LogP contribution >= 0.6 is 11.9 Å². The molecule has 0 atom stereocenters. The summed E-state index contributed by atoms with van der Waals surface area (Å²) in [4.78, 5) is 20.6. The molecule has 0 radical (unpaired) electrons. The second-order valence-corrected chi connectivity index (χ2v) is 12.5. The van der Waals surface area contributed by atoms with E-state index in [-0.39, 0.29) is 0 Å². The molecule has 1 N–H and O–H groups in total. The summed E-state index contributed by atoms with van der Waals surface area (Å²) < 4.78 is 15.0. The summed E-state index contributed by atoms with van der Waals surface area (Å²) in [6.45, 7) is 10.5. The Hall–Kier alpha value is -3.03. The number of unbranched alkanes of at least 4 members (excludes halogenated alkanes) is 1. The molecule has 232 valence electrons. The zero-order valence-corrected chi connectivity index (χ0v) is 27.4. The number of carbonyl (C=O) groups is 1. The Labute approximate surface area is 263 Å². The Morgan fingerprint density at radius 1 is 1.12 bits per heavy atom. The summed E-state index contributed by atoms with van der Waals surface area (Å²) in [7, 11) is 3.85. The average molecular weight is 604 g/mol. The first kappa shape index (κ1) is 32.9. The van der Waals surface area contributed by atoms with Crippen LogP contribution in [0, 0.1) is 0 Å². The molecule has 0 unspecified atom stereocenters. The molecule has 2 aliphatic rings. The number of hydrogen-bond acceptors (Lipinski definition) is 6. The smallest absolute Gasteiger partial charge is 0.147 e. The maximum Gasteiger partial charge on any atom is 0.147 e. The number of nitrogens with one attached hydrogen (secondary N) is 1. The van der Waals surface area contributed by atoms with E-state index in [0.29, 0.717) is 13.2 Å². The molecule has 2 aromatic rings. The van der Waals surface area contributed by atoms with E-state index in [9.17, 15) is 4.79 Å². The van der Waals surface area contributed by atoms with Crippen LogP contribution in [0.1, 0.15) is 89.2 Å². The SMILES string of the molecule is C=C(NSc1ccccc1-c1ccc(CN(C)/C(CCCC)=N\C2(C=O)CCCC2)cc1COCC)C1=C(OC)CCC1. The van der Waals surface area contributed by atoms with Crippen LogP contribution in [0.3, 0.4) is 0 Å². The number of aldehydes is 1. The molecule has 2 aromatic carbocycles. The van der Waals surface area contributed by atoms with E-state index in [4.69, 9.17) is 14.5 Å². The highest BCUT2D eigenvalue weighted by Gasteiger charge is 2.34. The number of ether oxygens (including phenoxy) is 2. The van der Waals surface area contributed by atoms with Crippen LogP contribution in [0.5, 0.6) is 0 Å². The third kappa shape index (κ3) is 8.54. The van der Waals surface area contributed by atoms with Crippen molar-refractivity contribution in [3.8, 4) is 11.1 Å². The van der Waals surface area contributed by atoms with Gasteiger partial charge in [0.1, 0.15) is 23.4 Å². The van der Waals surface area contributed by atoms with E-state index < -0.39 is 5.54 Å². The van der Waals surface area contributed by atoms with E-state index >= 15 is 0 Å². The van der Waals surface area contributed by atoms with Crippen LogP contribution < -0.4 is 4.72 Å². The van der Waals surface area contributed by atoms with Gasteiger partial charge in [0.2, 0.25) is 0 Å². The van der Waals surface area contributed by atoms with Gasteiger partial charge in [0.15, 0.2) is 0 Å². The Balaban J connectivity index is 1.57. The van der Waals surface area contributed by atoms with Gasteiger partial charge in [-0.1, -0.05) is 69.2 Å². The molecule has 0 spiro atoms. The standard InChI is InChI=1S/C36H49N3O3S/c1-6-8-18-35(37-36(26-40)21-11-12-22-36)39(4)24-28-19-20-31(29(23-28)25-42-7-2)32-14-9-10-17-34(32)43-38-27(3)30-15-13-16-33(30)41-5/h9-10,14,17,19-20,23,26,38H,3,6-8,11-13,15-16,18,21-22,24-25H2,1-2,4-5H3/b37-35-. The highest BCUT2D eigenvalue weighted by molar-refractivity contribution is 7.97. The van der Waals surface area contributed by atoms with Gasteiger partial charge in [0.05, 0.1) is 13.7 Å². The number of amidine groups is 1. The molecule has 7 heteroatoms. The molecular weight excluding hydrogens is 554 g/mol. The first-order chi connectivity index (χ1) is 20.9. The predicted molar refractivity (Wildman–Crippen MR) is 179 cm³/mol. The van der Waals surface area contributed by atoms with E-state index in [1.54, 1.807) is 19.1 Å². The molecule has 6 nitrogen and oxygen atoms in total. The van der Waals surface area contributed by atoms with Crippen molar-refractivity contribution in [1.82, 2.24) is 9.62 Å². The lowest BCUT2D eigenvalue weighted by Crippen LogP contribution is -2.33. The highest BCUT2D eigenvalue weighted by atomic mass is 32.2. The van der Waals surface area contributed by atoms with Crippen LogP contribution in [0.2, 0.25) is 0 Å². The largest absolute Gasteiger partial charge is 0.501 e. The van der Waals surface area contributed by atoms with Crippen molar-refractivity contribution in [3.63, 3.8) is 0 Å². The molecule has 1 fully saturated rings. The number of aliphatic imine (C=N–C) groups is 1. The van der Waals surface area contributed by atoms with E-state index in [2.05, 4.69) is 72.6 Å². The Kier molecular flexibility index (Phi) is 12.4. The minimum atomic E-state index is -0.540. The van der Waals surface area contributed by atoms with Crippen LogP contribution in [0.15, 0.2) is 76.0 Å². The van der Waals surface area contributed by atoms with Gasteiger partial charge in [0, 0.05) is 49.2 Å². The van der Waals surface area contributed by atoms with Crippen molar-refractivity contribution < 1.29 is 14.3 Å². The molecule has 2 aliphatic carbocycles. The molecule has 0 saturated heterocycles. The number of benzene rings is 2. The molecule has 0 aromatic heterocycles. The second kappa shape index (κ2) is 16.2. The fourth-order valence-corrected chi connectivity index (χ4v) is 6.88. The van der Waals surface area contributed by atoms with Crippen molar-refractivity contribution in [2.45, 2.75) is 102 Å². The average Bonchev–Trinajstić information content (AvgIpc) is 3.71. The van der Waals surface area contributed by atoms with Crippen molar-refractivity contribution in [3.05, 3.63) is 77.2 Å². The summed E-state index contributed by atoms with van der Waals surface area (Å²) >= 11 is 1.59. The highest BCUT2D eigenvalue weighted by Crippen LogP contribution is 2.36. The summed E-state index contributed by atoms with van der Waals surface area (Å²) in [5.41, 5.74) is 6.25. The zero-order valence-electron chi connectivity index (χ0n) is 26.5. The number of carbonyl (C=O) groups excluding carboxylic acids is 1. The van der Waals surface area contributed by atoms with Gasteiger partial charge in [-0.15, -0.1) is 0 Å². The molecule has 0 amide bonds. The molecule has 0 heterocycles. The van der Waals surface area contributed by atoms with Crippen LogP contribution in [0.4, 0.5) is 0 Å². The van der Waals surface area contributed by atoms with Crippen molar-refractivity contribution in [2.24, 2.45) is 4.99 Å². The Bertz CT molecular complexity index is 1310. The first-order valence-electron chi connectivity index (χ1n) is 15.9. The van der Waals surface area contributed by atoms with Gasteiger partial charge in [-0.3, -0.25) is 4.99 Å². The Morgan fingerprint density at radius 3 is 2.63 bits per heavy atom. The van der Waals surface area contributed by atoms with E-state index in [0.717, 1.165) is 110 Å². The van der Waals surface area contributed by atoms with Gasteiger partial charge in [-0.25, -0.2) is 0 Å². The van der Waals surface area contributed by atoms with Gasteiger partial charge >= 0.3 is 0 Å².